The van der Waals surface area contributed by atoms with Gasteiger partial charge in [-0.3, -0.25) is 0 Å². The fraction of sp³-hybridized carbons (Fsp3) is 0.568. The fourth-order valence-corrected chi connectivity index (χ4v) is 5.84. The normalized spacial score (nSPS) is 13.5. The van der Waals surface area contributed by atoms with E-state index < -0.39 is 0 Å². The van der Waals surface area contributed by atoms with Crippen LogP contribution >= 0.6 is 0 Å². The van der Waals surface area contributed by atoms with E-state index in [-0.39, 0.29) is 0 Å². The number of nitrogens with zero attached hydrogens (tertiary/aromatic N) is 2. The van der Waals surface area contributed by atoms with Crippen LogP contribution < -0.4 is 0 Å². The van der Waals surface area contributed by atoms with Crippen molar-refractivity contribution in [1.29, 1.82) is 0 Å². The molecule has 2 aromatic rings. The molecule has 0 saturated heterocycles. The molecule has 1 heterocycles. The lowest BCUT2D eigenvalue weighted by Crippen LogP contribution is -2.05. The summed E-state index contributed by atoms with van der Waals surface area (Å²) in [4.78, 5) is 0. The third kappa shape index (κ3) is 9.30. The van der Waals surface area contributed by atoms with Crippen molar-refractivity contribution in [2.45, 2.75) is 137 Å². The zero-order valence-corrected chi connectivity index (χ0v) is 25.7. The molecule has 0 spiro atoms. The van der Waals surface area contributed by atoms with Crippen molar-refractivity contribution < 1.29 is 4.70 Å². The summed E-state index contributed by atoms with van der Waals surface area (Å²) in [5.41, 5.74) is 22.6. The highest BCUT2D eigenvalue weighted by Gasteiger charge is 2.28. The molecule has 2 nitrogen and oxygen atoms in total. The largest absolute Gasteiger partial charge is 0.493 e. The summed E-state index contributed by atoms with van der Waals surface area (Å²) in [6.45, 7) is 11.2. The topological polar surface area (TPSA) is 25.3 Å². The molecule has 0 unspecified atom stereocenters. The van der Waals surface area contributed by atoms with Crippen LogP contribution in [0.15, 0.2) is 48.0 Å². The van der Waals surface area contributed by atoms with Crippen molar-refractivity contribution in [3.63, 3.8) is 0 Å². The fourth-order valence-electron chi connectivity index (χ4n) is 5.84. The molecule has 2 aromatic carbocycles. The van der Waals surface area contributed by atoms with E-state index in [2.05, 4.69) is 77.1 Å². The Morgan fingerprint density at radius 1 is 0.513 bits per heavy atom. The third-order valence-corrected chi connectivity index (χ3v) is 8.12. The quantitative estimate of drug-likeness (QED) is 0.136. The molecule has 0 radical (unpaired) electrons. The molecule has 212 valence electrons. The maximum atomic E-state index is 11.6. The van der Waals surface area contributed by atoms with Gasteiger partial charge < -0.3 is 5.53 Å². The minimum absolute atomic E-state index is 0.913. The first-order chi connectivity index (χ1) is 19.0. The summed E-state index contributed by atoms with van der Waals surface area (Å²) in [7, 11) is 0. The molecule has 1 aliphatic heterocycles. The molecule has 0 amide bonds. The Hall–Kier alpha value is -2.48. The van der Waals surface area contributed by atoms with E-state index in [1.807, 2.05) is 0 Å². The van der Waals surface area contributed by atoms with E-state index in [9.17, 15) is 5.53 Å². The van der Waals surface area contributed by atoms with Gasteiger partial charge >= 0.3 is 0 Å². The Balaban J connectivity index is 1.89. The third-order valence-electron chi connectivity index (χ3n) is 8.12. The predicted molar refractivity (Wildman–Crippen MR) is 170 cm³/mol. The van der Waals surface area contributed by atoms with Gasteiger partial charge in [-0.15, -0.1) is 0 Å². The van der Waals surface area contributed by atoms with Gasteiger partial charge in [0.25, 0.3) is 0 Å². The number of unbranched alkanes of at least 4 members (excludes halogenated alkanes) is 8. The Morgan fingerprint density at radius 2 is 0.923 bits per heavy atom. The van der Waals surface area contributed by atoms with Crippen LogP contribution in [0.25, 0.3) is 16.9 Å². The molecule has 1 aliphatic rings. The Morgan fingerprint density at radius 3 is 1.36 bits per heavy atom. The molecule has 0 aromatic heterocycles. The maximum Gasteiger partial charge on any atom is 0.210 e. The molecule has 0 saturated carbocycles. The van der Waals surface area contributed by atoms with Crippen molar-refractivity contribution in [3.05, 3.63) is 87.0 Å². The molecule has 0 bridgehead atoms. The first-order valence-electron chi connectivity index (χ1n) is 16.2. The molecule has 3 rings (SSSR count). The first-order valence-corrected chi connectivity index (χ1v) is 16.2. The summed E-state index contributed by atoms with van der Waals surface area (Å²) in [6, 6.07) is 14.1. The van der Waals surface area contributed by atoms with Crippen molar-refractivity contribution in [2.24, 2.45) is 0 Å². The van der Waals surface area contributed by atoms with E-state index in [0.717, 1.165) is 53.8 Å². The standard InChI is InChI=1S/C37H54N2/c1-6-10-14-16-20-32-24-33(21-17-15-11-7-2)28-35(27-32)37-29(5)22-36(39(37)38)34-25-30(18-12-8-3)23-31(26-34)19-13-9-4/h22-28H,6-21H2,1-5H3. The highest BCUT2D eigenvalue weighted by Crippen LogP contribution is 2.37. The molecule has 39 heavy (non-hydrogen) atoms. The second-order valence-corrected chi connectivity index (χ2v) is 11.8. The van der Waals surface area contributed by atoms with Crippen LogP contribution in [-0.4, -0.2) is 4.70 Å². The van der Waals surface area contributed by atoms with Gasteiger partial charge in [0.15, 0.2) is 0 Å². The lowest BCUT2D eigenvalue weighted by Gasteiger charge is -2.14. The van der Waals surface area contributed by atoms with Crippen molar-refractivity contribution >= 4 is 11.4 Å². The van der Waals surface area contributed by atoms with Gasteiger partial charge in [0.1, 0.15) is 0 Å². The maximum absolute atomic E-state index is 11.6. The lowest BCUT2D eigenvalue weighted by atomic mass is 9.95. The van der Waals surface area contributed by atoms with Crippen molar-refractivity contribution in [1.82, 2.24) is 0 Å². The smallest absolute Gasteiger partial charge is 0.210 e. The second-order valence-electron chi connectivity index (χ2n) is 11.8. The molecular weight excluding hydrogens is 472 g/mol. The summed E-state index contributed by atoms with van der Waals surface area (Å²) in [6.07, 6.45) is 21.6. The van der Waals surface area contributed by atoms with Gasteiger partial charge in [-0.1, -0.05) is 91.2 Å². The number of aryl methyl sites for hydroxylation is 4. The second kappa shape index (κ2) is 16.6. The number of benzene rings is 2. The Bertz CT molecular complexity index is 1080. The predicted octanol–water partition coefficient (Wildman–Crippen LogP) is 11.4. The van der Waals surface area contributed by atoms with Crippen LogP contribution in [0.2, 0.25) is 0 Å². The van der Waals surface area contributed by atoms with E-state index in [1.54, 1.807) is 0 Å². The van der Waals surface area contributed by atoms with Crippen LogP contribution in [0.3, 0.4) is 0 Å². The van der Waals surface area contributed by atoms with Gasteiger partial charge in [0.2, 0.25) is 11.4 Å². The highest BCUT2D eigenvalue weighted by atomic mass is 15.2. The van der Waals surface area contributed by atoms with E-state index in [4.69, 9.17) is 0 Å². The van der Waals surface area contributed by atoms with E-state index in [0.29, 0.717) is 0 Å². The van der Waals surface area contributed by atoms with E-state index >= 15 is 0 Å². The highest BCUT2D eigenvalue weighted by molar-refractivity contribution is 5.78. The molecule has 2 heteroatoms. The van der Waals surface area contributed by atoms with Crippen molar-refractivity contribution in [3.8, 4) is 0 Å². The molecular formula is C37H54N2. The van der Waals surface area contributed by atoms with Crippen LogP contribution in [0.5, 0.6) is 0 Å². The molecule has 0 fully saturated rings. The van der Waals surface area contributed by atoms with Gasteiger partial charge in [0.05, 0.1) is 0 Å². The molecule has 0 atom stereocenters. The van der Waals surface area contributed by atoms with Gasteiger partial charge in [-0.2, -0.15) is 0 Å². The minimum atomic E-state index is 0.913. The number of rotatable bonds is 18. The number of allylic oxidation sites excluding steroid dienone is 2. The summed E-state index contributed by atoms with van der Waals surface area (Å²) in [5.74, 6) is 0. The Labute approximate surface area is 240 Å². The lowest BCUT2D eigenvalue weighted by molar-refractivity contribution is -0.344. The van der Waals surface area contributed by atoms with Gasteiger partial charge in [-0.05, 0) is 105 Å². The summed E-state index contributed by atoms with van der Waals surface area (Å²) < 4.78 is 1.48. The molecule has 0 N–H and O–H groups in total. The zero-order chi connectivity index (χ0) is 28.0. The minimum Gasteiger partial charge on any atom is -0.493 e. The number of hydrogen-bond acceptors (Lipinski definition) is 0. The average molecular weight is 527 g/mol. The first kappa shape index (κ1) is 31.1. The monoisotopic (exact) mass is 526 g/mol. The Kier molecular flexibility index (Phi) is 13.2. The molecule has 0 aliphatic carbocycles. The average Bonchev–Trinajstić information content (AvgIpc) is 3.24. The number of hydrogen-bond donors (Lipinski definition) is 0. The van der Waals surface area contributed by atoms with Gasteiger partial charge in [0, 0.05) is 22.8 Å². The summed E-state index contributed by atoms with van der Waals surface area (Å²) >= 11 is 0. The van der Waals surface area contributed by atoms with Crippen molar-refractivity contribution in [2.75, 3.05) is 0 Å². The SMILES string of the molecule is CCCCCCc1cc(CCCCCC)cc(C2=C(C)C=C(c3cc(CCCC)cc(CCCC)c3)[N+]2=[N-])c1. The van der Waals surface area contributed by atoms with Crippen LogP contribution in [0.4, 0.5) is 0 Å². The van der Waals surface area contributed by atoms with Gasteiger partial charge in [-0.25, -0.2) is 4.70 Å². The van der Waals surface area contributed by atoms with E-state index in [1.165, 1.54) is 104 Å². The summed E-state index contributed by atoms with van der Waals surface area (Å²) in [5, 5.41) is 0. The van der Waals surface area contributed by atoms with Crippen LogP contribution in [0.1, 0.15) is 145 Å². The van der Waals surface area contributed by atoms with Crippen LogP contribution in [0, 0.1) is 0 Å². The zero-order valence-electron chi connectivity index (χ0n) is 25.7. The van der Waals surface area contributed by atoms with Crippen LogP contribution in [-0.2, 0) is 25.7 Å².